The van der Waals surface area contributed by atoms with Gasteiger partial charge in [0.2, 0.25) is 5.91 Å². The van der Waals surface area contributed by atoms with Gasteiger partial charge < -0.3 is 9.80 Å². The zero-order valence-electron chi connectivity index (χ0n) is 12.5. The molecule has 1 aliphatic heterocycles. The average Bonchev–Trinajstić information content (AvgIpc) is 2.94. The Morgan fingerprint density at radius 3 is 2.47 bits per heavy atom. The summed E-state index contributed by atoms with van der Waals surface area (Å²) < 4.78 is 0. The van der Waals surface area contributed by atoms with Gasteiger partial charge >= 0.3 is 0 Å². The Labute approximate surface area is 116 Å². The number of aliphatic imine (C=N–C) groups is 1. The Hall–Kier alpha value is -1.32. The van der Waals surface area contributed by atoms with Crippen LogP contribution < -0.4 is 0 Å². The van der Waals surface area contributed by atoms with Crippen molar-refractivity contribution in [1.82, 2.24) is 9.80 Å². The highest BCUT2D eigenvalue weighted by Gasteiger charge is 2.42. The number of hydrogen-bond donors (Lipinski definition) is 0. The quantitative estimate of drug-likeness (QED) is 0.767. The third-order valence-corrected chi connectivity index (χ3v) is 4.38. The Morgan fingerprint density at radius 2 is 2.00 bits per heavy atom. The molecule has 1 unspecified atom stereocenters. The standard InChI is InChI=1S/C15H25N3O/c1-5-12-14(16-3)18(11-9-7-8-10-11)13(6-2)15(19)17(12)4/h5,11,13H,6-10H2,1-4H3/b12-5+,16-14?. The fraction of sp³-hybridized carbons (Fsp3) is 0.733. The maximum Gasteiger partial charge on any atom is 0.249 e. The highest BCUT2D eigenvalue weighted by atomic mass is 16.2. The molecule has 0 radical (unpaired) electrons. The number of amidine groups is 1. The average molecular weight is 263 g/mol. The number of piperazine rings is 1. The van der Waals surface area contributed by atoms with Crippen molar-refractivity contribution < 1.29 is 4.79 Å². The third kappa shape index (κ3) is 2.28. The first-order valence-electron chi connectivity index (χ1n) is 7.35. The fourth-order valence-corrected chi connectivity index (χ4v) is 3.43. The van der Waals surface area contributed by atoms with E-state index in [1.54, 1.807) is 4.90 Å². The van der Waals surface area contributed by atoms with E-state index in [0.29, 0.717) is 6.04 Å². The van der Waals surface area contributed by atoms with E-state index in [0.717, 1.165) is 18.0 Å². The molecule has 19 heavy (non-hydrogen) atoms. The molecule has 0 N–H and O–H groups in total. The zero-order chi connectivity index (χ0) is 14.0. The van der Waals surface area contributed by atoms with Crippen LogP contribution in [0.1, 0.15) is 46.0 Å². The lowest BCUT2D eigenvalue weighted by Gasteiger charge is -2.45. The lowest BCUT2D eigenvalue weighted by atomic mass is 10.0. The van der Waals surface area contributed by atoms with E-state index in [1.165, 1.54) is 25.7 Å². The first kappa shape index (κ1) is 14.1. The van der Waals surface area contributed by atoms with Crippen molar-refractivity contribution in [2.75, 3.05) is 14.1 Å². The van der Waals surface area contributed by atoms with Gasteiger partial charge in [0.05, 0.1) is 5.70 Å². The Balaban J connectivity index is 2.42. The molecule has 0 aromatic rings. The highest BCUT2D eigenvalue weighted by Crippen LogP contribution is 2.32. The van der Waals surface area contributed by atoms with Crippen LogP contribution in [-0.4, -0.2) is 47.7 Å². The molecule has 1 aliphatic carbocycles. The predicted molar refractivity (Wildman–Crippen MR) is 78.1 cm³/mol. The van der Waals surface area contributed by atoms with E-state index in [2.05, 4.69) is 16.8 Å². The normalized spacial score (nSPS) is 29.9. The summed E-state index contributed by atoms with van der Waals surface area (Å²) >= 11 is 0. The number of likely N-dealkylation sites (N-methyl/N-ethyl adjacent to an activating group) is 1. The topological polar surface area (TPSA) is 35.9 Å². The van der Waals surface area contributed by atoms with Crippen LogP contribution in [0.2, 0.25) is 0 Å². The molecule has 0 bridgehead atoms. The molecule has 1 atom stereocenters. The van der Waals surface area contributed by atoms with Gasteiger partial charge in [-0.3, -0.25) is 9.79 Å². The lowest BCUT2D eigenvalue weighted by Crippen LogP contribution is -2.60. The van der Waals surface area contributed by atoms with Crippen LogP contribution in [-0.2, 0) is 4.79 Å². The number of hydrogen-bond acceptors (Lipinski definition) is 2. The molecule has 2 rings (SSSR count). The summed E-state index contributed by atoms with van der Waals surface area (Å²) in [5, 5.41) is 0. The van der Waals surface area contributed by atoms with E-state index in [1.807, 2.05) is 27.1 Å². The highest BCUT2D eigenvalue weighted by molar-refractivity contribution is 6.07. The molecular weight excluding hydrogens is 238 g/mol. The van der Waals surface area contributed by atoms with Gasteiger partial charge in [0.1, 0.15) is 11.9 Å². The molecule has 0 aromatic carbocycles. The molecular formula is C15H25N3O. The Kier molecular flexibility index (Phi) is 4.27. The maximum absolute atomic E-state index is 12.5. The van der Waals surface area contributed by atoms with Crippen molar-refractivity contribution in [1.29, 1.82) is 0 Å². The van der Waals surface area contributed by atoms with Gasteiger partial charge in [0.25, 0.3) is 0 Å². The number of allylic oxidation sites excluding steroid dienone is 1. The van der Waals surface area contributed by atoms with Gasteiger partial charge in [-0.15, -0.1) is 0 Å². The van der Waals surface area contributed by atoms with Crippen LogP contribution >= 0.6 is 0 Å². The van der Waals surface area contributed by atoms with Crippen molar-refractivity contribution in [3.63, 3.8) is 0 Å². The van der Waals surface area contributed by atoms with Gasteiger partial charge in [-0.2, -0.15) is 0 Å². The second-order valence-electron chi connectivity index (χ2n) is 5.39. The van der Waals surface area contributed by atoms with E-state index >= 15 is 0 Å². The monoisotopic (exact) mass is 263 g/mol. The van der Waals surface area contributed by atoms with E-state index < -0.39 is 0 Å². The first-order chi connectivity index (χ1) is 9.15. The molecule has 0 spiro atoms. The number of carbonyl (C=O) groups excluding carboxylic acids is 1. The molecule has 2 fully saturated rings. The van der Waals surface area contributed by atoms with Gasteiger partial charge in [0.15, 0.2) is 0 Å². The van der Waals surface area contributed by atoms with Crippen molar-refractivity contribution in [2.45, 2.75) is 58.0 Å². The van der Waals surface area contributed by atoms with Crippen LogP contribution in [0.25, 0.3) is 0 Å². The van der Waals surface area contributed by atoms with Crippen LogP contribution in [0.4, 0.5) is 0 Å². The van der Waals surface area contributed by atoms with Crippen molar-refractivity contribution >= 4 is 11.7 Å². The summed E-state index contributed by atoms with van der Waals surface area (Å²) in [5.74, 6) is 1.19. The molecule has 2 aliphatic rings. The third-order valence-electron chi connectivity index (χ3n) is 4.38. The first-order valence-corrected chi connectivity index (χ1v) is 7.35. The Bertz CT molecular complexity index is 408. The van der Waals surface area contributed by atoms with E-state index in [4.69, 9.17) is 0 Å². The number of nitrogens with zero attached hydrogens (tertiary/aromatic N) is 3. The fourth-order valence-electron chi connectivity index (χ4n) is 3.43. The van der Waals surface area contributed by atoms with E-state index in [9.17, 15) is 4.79 Å². The SMILES string of the molecule is C/C=C1\C(=NC)N(C2CCCC2)C(CC)C(=O)N1C. The second-order valence-corrected chi connectivity index (χ2v) is 5.39. The smallest absolute Gasteiger partial charge is 0.249 e. The summed E-state index contributed by atoms with van der Waals surface area (Å²) in [6.07, 6.45) is 7.74. The van der Waals surface area contributed by atoms with Crippen LogP contribution in [0, 0.1) is 0 Å². The molecule has 1 heterocycles. The van der Waals surface area contributed by atoms with Crippen molar-refractivity contribution in [2.24, 2.45) is 4.99 Å². The number of rotatable bonds is 2. The molecule has 1 saturated carbocycles. The molecule has 0 aromatic heterocycles. The molecule has 1 amide bonds. The van der Waals surface area contributed by atoms with Gasteiger partial charge in [-0.05, 0) is 26.2 Å². The van der Waals surface area contributed by atoms with Crippen molar-refractivity contribution in [3.05, 3.63) is 11.8 Å². The lowest BCUT2D eigenvalue weighted by molar-refractivity contribution is -0.134. The summed E-state index contributed by atoms with van der Waals surface area (Å²) in [4.78, 5) is 21.1. The van der Waals surface area contributed by atoms with Gasteiger partial charge in [-0.25, -0.2) is 0 Å². The van der Waals surface area contributed by atoms with Crippen LogP contribution in [0.5, 0.6) is 0 Å². The molecule has 1 saturated heterocycles. The van der Waals surface area contributed by atoms with E-state index in [-0.39, 0.29) is 11.9 Å². The zero-order valence-corrected chi connectivity index (χ0v) is 12.5. The molecule has 4 heteroatoms. The summed E-state index contributed by atoms with van der Waals surface area (Å²) in [5.41, 5.74) is 0.948. The largest absolute Gasteiger partial charge is 0.340 e. The van der Waals surface area contributed by atoms with Crippen LogP contribution in [0.3, 0.4) is 0 Å². The van der Waals surface area contributed by atoms with Crippen LogP contribution in [0.15, 0.2) is 16.8 Å². The van der Waals surface area contributed by atoms with Gasteiger partial charge in [0, 0.05) is 20.1 Å². The summed E-state index contributed by atoms with van der Waals surface area (Å²) in [6, 6.07) is 0.437. The summed E-state index contributed by atoms with van der Waals surface area (Å²) in [7, 11) is 3.69. The maximum atomic E-state index is 12.5. The molecule has 106 valence electrons. The minimum Gasteiger partial charge on any atom is -0.340 e. The summed E-state index contributed by atoms with van der Waals surface area (Å²) in [6.45, 7) is 4.07. The van der Waals surface area contributed by atoms with Gasteiger partial charge in [-0.1, -0.05) is 25.8 Å². The second kappa shape index (κ2) is 5.76. The van der Waals surface area contributed by atoms with Crippen molar-refractivity contribution in [3.8, 4) is 0 Å². The minimum atomic E-state index is -0.0458. The number of amides is 1. The molecule has 4 nitrogen and oxygen atoms in total. The predicted octanol–water partition coefficient (Wildman–Crippen LogP) is 2.41. The number of carbonyl (C=O) groups is 1. The minimum absolute atomic E-state index is 0.0458. The Morgan fingerprint density at radius 1 is 1.37 bits per heavy atom.